The van der Waals surface area contributed by atoms with Crippen LogP contribution in [0.5, 0.6) is 0 Å². The van der Waals surface area contributed by atoms with Crippen molar-refractivity contribution >= 4 is 5.91 Å². The number of amides is 1. The van der Waals surface area contributed by atoms with Crippen LogP contribution >= 0.6 is 0 Å². The van der Waals surface area contributed by atoms with Crippen molar-refractivity contribution in [1.82, 2.24) is 10.6 Å². The number of nitrogens with one attached hydrogen (secondary N) is 2. The molecule has 1 fully saturated rings. The molecule has 1 aliphatic rings. The molecule has 1 unspecified atom stereocenters. The summed E-state index contributed by atoms with van der Waals surface area (Å²) in [6.45, 7) is 7.83. The van der Waals surface area contributed by atoms with Gasteiger partial charge < -0.3 is 10.6 Å². The minimum Gasteiger partial charge on any atom is -0.353 e. The molecular formula is C12H24N2O. The summed E-state index contributed by atoms with van der Waals surface area (Å²) in [5.74, 6) is 0.118. The Morgan fingerprint density at radius 3 is 2.60 bits per heavy atom. The van der Waals surface area contributed by atoms with Gasteiger partial charge in [-0.15, -0.1) is 0 Å². The summed E-state index contributed by atoms with van der Waals surface area (Å²) >= 11 is 0. The lowest BCUT2D eigenvalue weighted by atomic mass is 9.70. The predicted octanol–water partition coefficient (Wildman–Crippen LogP) is 1.68. The summed E-state index contributed by atoms with van der Waals surface area (Å²) in [7, 11) is 0. The number of rotatable bonds is 6. The second kappa shape index (κ2) is 5.50. The van der Waals surface area contributed by atoms with E-state index < -0.39 is 0 Å². The highest BCUT2D eigenvalue weighted by Crippen LogP contribution is 2.39. The molecule has 0 saturated heterocycles. The molecule has 2 N–H and O–H groups in total. The van der Waals surface area contributed by atoms with E-state index in [1.807, 2.05) is 6.92 Å². The first kappa shape index (κ1) is 12.5. The Kier molecular flexibility index (Phi) is 4.58. The van der Waals surface area contributed by atoms with Gasteiger partial charge in [-0.3, -0.25) is 4.79 Å². The maximum absolute atomic E-state index is 11.4. The third-order valence-corrected chi connectivity index (χ3v) is 3.42. The van der Waals surface area contributed by atoms with Crippen LogP contribution in [-0.2, 0) is 4.79 Å². The van der Waals surface area contributed by atoms with Crippen molar-refractivity contribution in [2.24, 2.45) is 5.41 Å². The monoisotopic (exact) mass is 212 g/mol. The van der Waals surface area contributed by atoms with Crippen LogP contribution in [0, 0.1) is 5.41 Å². The van der Waals surface area contributed by atoms with Crippen LogP contribution < -0.4 is 10.6 Å². The quantitative estimate of drug-likeness (QED) is 0.703. The molecule has 0 aromatic rings. The summed E-state index contributed by atoms with van der Waals surface area (Å²) < 4.78 is 0. The first-order chi connectivity index (χ1) is 7.06. The van der Waals surface area contributed by atoms with Gasteiger partial charge in [0.25, 0.3) is 0 Å². The van der Waals surface area contributed by atoms with Crippen LogP contribution in [-0.4, -0.2) is 25.0 Å². The molecule has 3 nitrogen and oxygen atoms in total. The molecule has 0 bridgehead atoms. The van der Waals surface area contributed by atoms with Gasteiger partial charge in [-0.05, 0) is 31.6 Å². The van der Waals surface area contributed by atoms with E-state index in [0.717, 1.165) is 13.0 Å². The van der Waals surface area contributed by atoms with Crippen molar-refractivity contribution in [3.05, 3.63) is 0 Å². The van der Waals surface area contributed by atoms with Crippen LogP contribution in [0.3, 0.4) is 0 Å². The van der Waals surface area contributed by atoms with Gasteiger partial charge >= 0.3 is 0 Å². The SMILES string of the molecule is CCC(C)NC(=O)CNCC1(C)CCC1. The Labute approximate surface area is 93.0 Å². The zero-order valence-electron chi connectivity index (χ0n) is 10.2. The first-order valence-corrected chi connectivity index (χ1v) is 6.06. The molecule has 0 radical (unpaired) electrons. The maximum Gasteiger partial charge on any atom is 0.234 e. The largest absolute Gasteiger partial charge is 0.353 e. The van der Waals surface area contributed by atoms with Crippen LogP contribution in [0.15, 0.2) is 0 Å². The fourth-order valence-electron chi connectivity index (χ4n) is 1.86. The van der Waals surface area contributed by atoms with Gasteiger partial charge in [0.1, 0.15) is 0 Å². The molecule has 1 amide bonds. The van der Waals surface area contributed by atoms with Crippen LogP contribution in [0.25, 0.3) is 0 Å². The smallest absolute Gasteiger partial charge is 0.234 e. The number of hydrogen-bond donors (Lipinski definition) is 2. The Morgan fingerprint density at radius 1 is 1.47 bits per heavy atom. The zero-order chi connectivity index (χ0) is 11.3. The van der Waals surface area contributed by atoms with E-state index in [2.05, 4.69) is 24.5 Å². The lowest BCUT2D eigenvalue weighted by Crippen LogP contribution is -2.43. The highest BCUT2D eigenvalue weighted by molar-refractivity contribution is 5.78. The van der Waals surface area contributed by atoms with E-state index in [1.165, 1.54) is 19.3 Å². The van der Waals surface area contributed by atoms with Crippen molar-refractivity contribution in [1.29, 1.82) is 0 Å². The van der Waals surface area contributed by atoms with Gasteiger partial charge in [0.15, 0.2) is 0 Å². The minimum atomic E-state index is 0.118. The van der Waals surface area contributed by atoms with E-state index in [1.54, 1.807) is 0 Å². The Hall–Kier alpha value is -0.570. The summed E-state index contributed by atoms with van der Waals surface area (Å²) in [6.07, 6.45) is 4.93. The van der Waals surface area contributed by atoms with Gasteiger partial charge in [-0.2, -0.15) is 0 Å². The molecule has 88 valence electrons. The zero-order valence-corrected chi connectivity index (χ0v) is 10.2. The number of carbonyl (C=O) groups excluding carboxylic acids is 1. The van der Waals surface area contributed by atoms with Crippen molar-refractivity contribution < 1.29 is 4.79 Å². The normalized spacial score (nSPS) is 20.5. The van der Waals surface area contributed by atoms with Gasteiger partial charge in [-0.25, -0.2) is 0 Å². The molecule has 1 saturated carbocycles. The minimum absolute atomic E-state index is 0.118. The molecule has 0 aliphatic heterocycles. The van der Waals surface area contributed by atoms with Crippen LogP contribution in [0.1, 0.15) is 46.5 Å². The molecule has 0 aromatic carbocycles. The average molecular weight is 212 g/mol. The fraction of sp³-hybridized carbons (Fsp3) is 0.917. The molecule has 1 atom stereocenters. The van der Waals surface area contributed by atoms with E-state index in [4.69, 9.17) is 0 Å². The molecular weight excluding hydrogens is 188 g/mol. The van der Waals surface area contributed by atoms with E-state index in [-0.39, 0.29) is 5.91 Å². The second-order valence-corrected chi connectivity index (χ2v) is 5.14. The molecule has 1 rings (SSSR count). The lowest BCUT2D eigenvalue weighted by Gasteiger charge is -2.38. The molecule has 15 heavy (non-hydrogen) atoms. The van der Waals surface area contributed by atoms with E-state index in [0.29, 0.717) is 18.0 Å². The van der Waals surface area contributed by atoms with Gasteiger partial charge in [0.2, 0.25) is 5.91 Å². The molecule has 1 aliphatic carbocycles. The van der Waals surface area contributed by atoms with Crippen molar-refractivity contribution in [2.75, 3.05) is 13.1 Å². The molecule has 0 aromatic heterocycles. The first-order valence-electron chi connectivity index (χ1n) is 6.06. The van der Waals surface area contributed by atoms with Crippen LogP contribution in [0.4, 0.5) is 0 Å². The van der Waals surface area contributed by atoms with Gasteiger partial charge in [0, 0.05) is 12.6 Å². The van der Waals surface area contributed by atoms with Crippen molar-refractivity contribution in [3.8, 4) is 0 Å². The fourth-order valence-corrected chi connectivity index (χ4v) is 1.86. The van der Waals surface area contributed by atoms with Crippen LogP contribution in [0.2, 0.25) is 0 Å². The van der Waals surface area contributed by atoms with Gasteiger partial charge in [-0.1, -0.05) is 20.3 Å². The Balaban J connectivity index is 2.06. The lowest BCUT2D eigenvalue weighted by molar-refractivity contribution is -0.120. The highest BCUT2D eigenvalue weighted by Gasteiger charge is 2.31. The van der Waals surface area contributed by atoms with Gasteiger partial charge in [0.05, 0.1) is 6.54 Å². The number of hydrogen-bond acceptors (Lipinski definition) is 2. The third kappa shape index (κ3) is 4.20. The summed E-state index contributed by atoms with van der Waals surface area (Å²) in [5.41, 5.74) is 0.455. The molecule has 0 spiro atoms. The predicted molar refractivity (Wildman–Crippen MR) is 62.7 cm³/mol. The molecule has 3 heteroatoms. The Morgan fingerprint density at radius 2 is 2.13 bits per heavy atom. The maximum atomic E-state index is 11.4. The number of carbonyl (C=O) groups is 1. The topological polar surface area (TPSA) is 41.1 Å². The standard InChI is InChI=1S/C12H24N2O/c1-4-10(2)14-11(15)8-13-9-12(3)6-5-7-12/h10,13H,4-9H2,1-3H3,(H,14,15). The second-order valence-electron chi connectivity index (χ2n) is 5.14. The average Bonchev–Trinajstić information content (AvgIpc) is 2.15. The summed E-state index contributed by atoms with van der Waals surface area (Å²) in [6, 6.07) is 0.290. The van der Waals surface area contributed by atoms with E-state index in [9.17, 15) is 4.79 Å². The van der Waals surface area contributed by atoms with Crippen molar-refractivity contribution in [3.63, 3.8) is 0 Å². The highest BCUT2D eigenvalue weighted by atomic mass is 16.1. The Bertz CT molecular complexity index is 212. The summed E-state index contributed by atoms with van der Waals surface area (Å²) in [5, 5.41) is 6.20. The molecule has 0 heterocycles. The van der Waals surface area contributed by atoms with E-state index >= 15 is 0 Å². The van der Waals surface area contributed by atoms with Crippen molar-refractivity contribution in [2.45, 2.75) is 52.5 Å². The summed E-state index contributed by atoms with van der Waals surface area (Å²) in [4.78, 5) is 11.4. The third-order valence-electron chi connectivity index (χ3n) is 3.42.